The van der Waals surface area contributed by atoms with Crippen LogP contribution in [0.15, 0.2) is 0 Å². The van der Waals surface area contributed by atoms with Gasteiger partial charge < -0.3 is 86.9 Å². The van der Waals surface area contributed by atoms with Gasteiger partial charge in [-0.25, -0.2) is 8.42 Å². The van der Waals surface area contributed by atoms with E-state index in [1.165, 1.54) is 219 Å². The summed E-state index contributed by atoms with van der Waals surface area (Å²) in [5.74, 6) is 13.0. The molecule has 0 radical (unpaired) electrons. The average molecular weight is 1940 g/mol. The summed E-state index contributed by atoms with van der Waals surface area (Å²) < 4.78 is 51.8. The van der Waals surface area contributed by atoms with Gasteiger partial charge in [-0.15, -0.1) is 0 Å². The topological polar surface area (TPSA) is 239 Å². The lowest BCUT2D eigenvalue weighted by Crippen LogP contribution is -2.64. The minimum atomic E-state index is -2.65. The lowest BCUT2D eigenvalue weighted by atomic mass is 9.80. The molecule has 1 spiro atoms. The van der Waals surface area contributed by atoms with Crippen LogP contribution in [-0.2, 0) is 43.1 Å². The fraction of sp³-hybridized carbons (Fsp3) is 0.991. The van der Waals surface area contributed by atoms with Crippen molar-refractivity contribution in [3.8, 4) is 0 Å². The molecule has 2 bridgehead atoms. The number of morpholine rings is 2. The molecule has 1 aliphatic carbocycles. The third-order valence-electron chi connectivity index (χ3n) is 23.8. The van der Waals surface area contributed by atoms with Gasteiger partial charge in [0.05, 0.1) is 70.4 Å². The number of hydrogen-bond acceptors (Lipinski definition) is 19. The highest BCUT2D eigenvalue weighted by Crippen LogP contribution is 2.30. The van der Waals surface area contributed by atoms with Gasteiger partial charge in [0.2, 0.25) is 5.91 Å². The van der Waals surface area contributed by atoms with Gasteiger partial charge in [0.15, 0.2) is 9.84 Å². The van der Waals surface area contributed by atoms with Gasteiger partial charge >= 0.3 is 0 Å². The van der Waals surface area contributed by atoms with Crippen molar-refractivity contribution in [1.29, 1.82) is 0 Å². The highest BCUT2D eigenvalue weighted by Gasteiger charge is 2.43. The molecule has 15 fully saturated rings. The van der Waals surface area contributed by atoms with Gasteiger partial charge in [-0.05, 0) is 161 Å². The molecule has 14 heterocycles. The number of rotatable bonds is 12. The van der Waals surface area contributed by atoms with Crippen LogP contribution in [0.2, 0.25) is 0 Å². The molecule has 0 aromatic heterocycles. The van der Waals surface area contributed by atoms with Crippen molar-refractivity contribution in [2.75, 3.05) is 215 Å². The number of sulfone groups is 1. The number of hydrogen-bond donors (Lipinski definition) is 11. The number of fused-ring (bicyclic) bond motifs is 3. The average Bonchev–Trinajstić information content (AvgIpc) is 1.25. The summed E-state index contributed by atoms with van der Waals surface area (Å²) in [5.41, 5.74) is 0.611. The van der Waals surface area contributed by atoms with Crippen LogP contribution >= 0.6 is 0 Å². The molecule has 11 N–H and O–H groups in total. The quantitative estimate of drug-likeness (QED) is 0.0871. The normalized spacial score (nSPS) is 20.7. The minimum absolute atomic E-state index is 0.103. The van der Waals surface area contributed by atoms with E-state index in [2.05, 4.69) is 308 Å². The molecular weight excluding hydrogens is 1690 g/mol. The van der Waals surface area contributed by atoms with Crippen molar-refractivity contribution in [2.45, 2.75) is 428 Å². The molecule has 15 rings (SSSR count). The summed E-state index contributed by atoms with van der Waals surface area (Å²) in [6.45, 7) is 111. The molecule has 1 saturated carbocycles. The zero-order valence-corrected chi connectivity index (χ0v) is 98.4. The minimum Gasteiger partial charge on any atom is -0.381 e. The lowest BCUT2D eigenvalue weighted by molar-refractivity contribution is -0.139. The number of carbonyl (C=O) groups excluding carboxylic acids is 1. The predicted octanol–water partition coefficient (Wildman–Crippen LogP) is 24.6. The number of ether oxygens (including phenoxy) is 6. The third kappa shape index (κ3) is 149. The Morgan fingerprint density at radius 2 is 0.552 bits per heavy atom. The standard InChI is InChI=1S/C6H11NO.2C5H9NO.C5H11N.C5H10O.12C5H12.C4H8N2O.C4H10N2.C4H9NO2S.C4H9NO.C4H9N.C4H8O.C3H6/c1-5-3-8-4-6(5)2-7-1;1-5(2-6-1)3-7-4-5;1-4-3-7-5(1)2-6-4;2*1-2-4-6-5-3-1;12*1-4-5(2)3;7-4-3-5-1-2-6-4;1-2-6-4-3-5-1;6-8(7)3-1-5-2-4-8;1-3-6-4-2-5-1;2*1-2-4-5-3-1;1-2-3-1/h5-7H,1-4H2;6H,1-4H2;4-6H,1-3H2;6H,1-5H2;1-5H2;12*5H,4H2,1-3H3;5H,1-3H2,(H,6,7);5-6H,1-4H2;5H,1-4H2;5H,1-4H2;5H,1-4H2;1-4H2;1-3H2. The van der Waals surface area contributed by atoms with E-state index in [1.807, 2.05) is 0 Å². The number of nitrogens with one attached hydrogen (secondary N) is 11. The van der Waals surface area contributed by atoms with Gasteiger partial charge in [-0.1, -0.05) is 352 Å². The smallest absolute Gasteiger partial charge is 0.234 e. The molecule has 134 heavy (non-hydrogen) atoms. The predicted molar refractivity (Wildman–Crippen MR) is 599 cm³/mol. The Morgan fingerprint density at radius 3 is 0.672 bits per heavy atom. The van der Waals surface area contributed by atoms with E-state index in [0.29, 0.717) is 48.7 Å². The van der Waals surface area contributed by atoms with Crippen LogP contribution in [0.25, 0.3) is 0 Å². The fourth-order valence-corrected chi connectivity index (χ4v) is 10.0. The molecule has 0 aromatic rings. The summed E-state index contributed by atoms with van der Waals surface area (Å²) in [6, 6.07) is 0.699. The summed E-state index contributed by atoms with van der Waals surface area (Å²) in [6.07, 6.45) is 35.5. The van der Waals surface area contributed by atoms with Gasteiger partial charge in [-0.2, -0.15) is 0 Å². The number of carbonyl (C=O) groups is 1. The molecule has 0 aromatic carbocycles. The van der Waals surface area contributed by atoms with Gasteiger partial charge in [-0.3, -0.25) is 4.79 Å². The van der Waals surface area contributed by atoms with Crippen molar-refractivity contribution in [3.05, 3.63) is 0 Å². The first-order chi connectivity index (χ1) is 63.7. The molecule has 14 saturated heterocycles. The molecule has 820 valence electrons. The largest absolute Gasteiger partial charge is 0.381 e. The molecule has 20 nitrogen and oxygen atoms in total. The summed E-state index contributed by atoms with van der Waals surface area (Å²) in [7, 11) is -2.65. The molecule has 1 amide bonds. The zero-order valence-electron chi connectivity index (χ0n) is 97.5. The monoisotopic (exact) mass is 1940 g/mol. The zero-order chi connectivity index (χ0) is 104. The lowest BCUT2D eigenvalue weighted by Gasteiger charge is -2.48. The van der Waals surface area contributed by atoms with Crippen LogP contribution in [0.1, 0.15) is 416 Å². The molecule has 4 unspecified atom stereocenters. The SMILES string of the molecule is C1CC1.C1CCNC1.C1CCNCC1.C1CCOC1.C1CCOCC1.C1CNCCN1.C1COCCN1.C1NCC12COC2.C1NCC2COCC12.C1OC2CNC1C2.CCC(C)C.CCC(C)C.CCC(C)C.CCC(C)C.CCC(C)C.CCC(C)C.CCC(C)C.CCC(C)C.CCC(C)C.CCC(C)C.CCC(C)C.CCC(C)C.O=C1CNCCN1.O=S1(=O)CCNCC1. The van der Waals surface area contributed by atoms with Crippen LogP contribution in [0.3, 0.4) is 0 Å². The highest BCUT2D eigenvalue weighted by atomic mass is 32.2. The Hall–Kier alpha value is -1.22. The Balaban J connectivity index is -0.000000174. The fourth-order valence-electron chi connectivity index (χ4n) is 8.89. The van der Waals surface area contributed by atoms with Crippen LogP contribution in [0.4, 0.5) is 0 Å². The van der Waals surface area contributed by atoms with Crippen LogP contribution in [0.5, 0.6) is 0 Å². The molecule has 15 aliphatic rings. The summed E-state index contributed by atoms with van der Waals surface area (Å²) >= 11 is 0. The Kier molecular flexibility index (Phi) is 133. The van der Waals surface area contributed by atoms with E-state index in [0.717, 1.165) is 214 Å². The number of piperidine rings is 1. The van der Waals surface area contributed by atoms with Crippen molar-refractivity contribution >= 4 is 15.7 Å². The van der Waals surface area contributed by atoms with E-state index >= 15 is 0 Å². The van der Waals surface area contributed by atoms with Crippen LogP contribution in [-0.4, -0.2) is 242 Å². The van der Waals surface area contributed by atoms with Crippen molar-refractivity contribution in [3.63, 3.8) is 0 Å². The van der Waals surface area contributed by atoms with Crippen molar-refractivity contribution < 1.29 is 41.6 Å². The maximum absolute atomic E-state index is 10.6. The van der Waals surface area contributed by atoms with Gasteiger partial charge in [0.1, 0.15) is 0 Å². The van der Waals surface area contributed by atoms with Crippen LogP contribution in [0, 0.1) is 88.3 Å². The van der Waals surface area contributed by atoms with Gasteiger partial charge in [0.25, 0.3) is 0 Å². The first-order valence-electron chi connectivity index (χ1n) is 56.7. The second-order valence-electron chi connectivity index (χ2n) is 42.8. The van der Waals surface area contributed by atoms with Crippen LogP contribution < -0.4 is 58.5 Å². The third-order valence-corrected chi connectivity index (χ3v) is 25.4. The second kappa shape index (κ2) is 119. The van der Waals surface area contributed by atoms with Gasteiger partial charge in [0, 0.05) is 148 Å². The first kappa shape index (κ1) is 150. The summed E-state index contributed by atoms with van der Waals surface area (Å²) in [4.78, 5) is 10.3. The first-order valence-corrected chi connectivity index (χ1v) is 58.6. The van der Waals surface area contributed by atoms with Crippen molar-refractivity contribution in [2.24, 2.45) is 88.3 Å². The molecule has 4 atom stereocenters. The maximum Gasteiger partial charge on any atom is 0.234 e. The summed E-state index contributed by atoms with van der Waals surface area (Å²) in [5, 5.41) is 34.6. The van der Waals surface area contributed by atoms with Crippen molar-refractivity contribution in [1.82, 2.24) is 58.5 Å². The van der Waals surface area contributed by atoms with E-state index < -0.39 is 9.84 Å². The van der Waals surface area contributed by atoms with E-state index in [4.69, 9.17) is 28.4 Å². The van der Waals surface area contributed by atoms with E-state index in [1.54, 1.807) is 0 Å². The van der Waals surface area contributed by atoms with E-state index in [-0.39, 0.29) is 5.91 Å². The molecule has 14 aliphatic heterocycles. The Bertz CT molecular complexity index is 1840. The molecule has 21 heteroatoms. The highest BCUT2D eigenvalue weighted by molar-refractivity contribution is 7.91. The molecular formula is C113H253N11O9S. The Morgan fingerprint density at radius 1 is 0.284 bits per heavy atom. The number of amides is 1. The van der Waals surface area contributed by atoms with E-state index in [9.17, 15) is 13.2 Å². The maximum atomic E-state index is 10.6. The second-order valence-corrected chi connectivity index (χ2v) is 45.1. The Labute approximate surface area is 842 Å². The number of piperazine rings is 2.